The maximum atomic E-state index is 15.2. The van der Waals surface area contributed by atoms with Gasteiger partial charge < -0.3 is 19.3 Å². The van der Waals surface area contributed by atoms with Crippen LogP contribution in [0.2, 0.25) is 0 Å². The van der Waals surface area contributed by atoms with E-state index in [4.69, 9.17) is 14.2 Å². The summed E-state index contributed by atoms with van der Waals surface area (Å²) in [7, 11) is 1.65. The minimum Gasteiger partial charge on any atom is -0.497 e. The molecular formula is C29H33FO4. The maximum absolute atomic E-state index is 15.2. The van der Waals surface area contributed by atoms with E-state index in [1.165, 1.54) is 0 Å². The van der Waals surface area contributed by atoms with Crippen LogP contribution in [0.1, 0.15) is 36.1 Å². The molecule has 1 N–H and O–H groups in total. The van der Waals surface area contributed by atoms with Gasteiger partial charge in [-0.05, 0) is 41.2 Å². The van der Waals surface area contributed by atoms with Crippen molar-refractivity contribution in [3.05, 3.63) is 101 Å². The molecule has 180 valence electrons. The Balaban J connectivity index is 1.49. The summed E-state index contributed by atoms with van der Waals surface area (Å²) in [5, 5.41) is 11.7. The van der Waals surface area contributed by atoms with Gasteiger partial charge in [-0.2, -0.15) is 0 Å². The van der Waals surface area contributed by atoms with Gasteiger partial charge in [-0.3, -0.25) is 0 Å². The van der Waals surface area contributed by atoms with Crippen molar-refractivity contribution in [1.29, 1.82) is 0 Å². The van der Waals surface area contributed by atoms with Crippen LogP contribution in [0.4, 0.5) is 4.39 Å². The number of halogens is 1. The number of rotatable bonds is 8. The summed E-state index contributed by atoms with van der Waals surface area (Å²) in [5.74, 6) is -1.61. The van der Waals surface area contributed by atoms with Crippen molar-refractivity contribution in [1.82, 2.24) is 0 Å². The summed E-state index contributed by atoms with van der Waals surface area (Å²) in [4.78, 5) is 0. The van der Waals surface area contributed by atoms with Gasteiger partial charge in [0.25, 0.3) is 0 Å². The lowest BCUT2D eigenvalue weighted by Gasteiger charge is -2.47. The van der Waals surface area contributed by atoms with Crippen LogP contribution < -0.4 is 4.74 Å². The first-order valence-electron chi connectivity index (χ1n) is 11.8. The van der Waals surface area contributed by atoms with Gasteiger partial charge >= 0.3 is 0 Å². The lowest BCUT2D eigenvalue weighted by Crippen LogP contribution is -2.55. The normalized spacial score (nSPS) is 26.9. The van der Waals surface area contributed by atoms with Gasteiger partial charge in [-0.15, -0.1) is 0 Å². The molecule has 0 bridgehead atoms. The summed E-state index contributed by atoms with van der Waals surface area (Å²) in [6.45, 7) is 4.11. The molecule has 0 radical (unpaired) electrons. The SMILES string of the molecule is COc1ccc(Cc2cccc(C3(O)OC(COCc4ccccc4)C(F)C(C)C3C)c2)cc1. The van der Waals surface area contributed by atoms with E-state index in [9.17, 15) is 5.11 Å². The van der Waals surface area contributed by atoms with E-state index in [1.807, 2.05) is 92.7 Å². The van der Waals surface area contributed by atoms with Crippen molar-refractivity contribution in [3.63, 3.8) is 0 Å². The topological polar surface area (TPSA) is 47.9 Å². The van der Waals surface area contributed by atoms with Crippen LogP contribution in [0.3, 0.4) is 0 Å². The summed E-state index contributed by atoms with van der Waals surface area (Å²) in [6, 6.07) is 25.4. The summed E-state index contributed by atoms with van der Waals surface area (Å²) in [6.07, 6.45) is -1.38. The van der Waals surface area contributed by atoms with E-state index in [0.29, 0.717) is 18.6 Å². The van der Waals surface area contributed by atoms with Gasteiger partial charge in [-0.1, -0.05) is 80.6 Å². The molecule has 5 unspecified atom stereocenters. The van der Waals surface area contributed by atoms with E-state index in [0.717, 1.165) is 22.4 Å². The average Bonchev–Trinajstić information content (AvgIpc) is 2.87. The molecule has 0 amide bonds. The second kappa shape index (κ2) is 10.7. The maximum Gasteiger partial charge on any atom is 0.195 e. The minimum atomic E-state index is -1.60. The lowest BCUT2D eigenvalue weighted by molar-refractivity contribution is -0.324. The first-order valence-corrected chi connectivity index (χ1v) is 11.8. The minimum absolute atomic E-state index is 0.0704. The number of aliphatic hydroxyl groups is 1. The molecule has 3 aromatic rings. The van der Waals surface area contributed by atoms with E-state index >= 15 is 4.39 Å². The molecule has 3 aromatic carbocycles. The average molecular weight is 465 g/mol. The Morgan fingerprint density at radius 1 is 0.912 bits per heavy atom. The van der Waals surface area contributed by atoms with Crippen LogP contribution in [-0.4, -0.2) is 31.1 Å². The molecule has 1 aliphatic rings. The van der Waals surface area contributed by atoms with Crippen molar-refractivity contribution in [2.75, 3.05) is 13.7 Å². The van der Waals surface area contributed by atoms with E-state index in [1.54, 1.807) is 7.11 Å². The standard InChI is InChI=1S/C29H33FO4/c1-20-21(2)29(31,34-27(28(20)30)19-33-18-23-8-5-4-6-9-23)25-11-7-10-24(17-25)16-22-12-14-26(32-3)15-13-22/h4-15,17,20-21,27-28,31H,16,18-19H2,1-3H3. The zero-order chi connectivity index (χ0) is 24.1. The summed E-state index contributed by atoms with van der Waals surface area (Å²) >= 11 is 0. The van der Waals surface area contributed by atoms with Gasteiger partial charge in [-0.25, -0.2) is 4.39 Å². The molecule has 0 aromatic heterocycles. The molecule has 0 spiro atoms. The fourth-order valence-corrected chi connectivity index (χ4v) is 4.58. The van der Waals surface area contributed by atoms with Gasteiger partial charge in [0.15, 0.2) is 5.79 Å². The second-order valence-corrected chi connectivity index (χ2v) is 9.17. The third-order valence-electron chi connectivity index (χ3n) is 6.90. The van der Waals surface area contributed by atoms with Crippen molar-refractivity contribution in [3.8, 4) is 5.75 Å². The number of benzene rings is 3. The molecule has 4 rings (SSSR count). The zero-order valence-electron chi connectivity index (χ0n) is 20.0. The number of hydrogen-bond donors (Lipinski definition) is 1. The first-order chi connectivity index (χ1) is 16.4. The fourth-order valence-electron chi connectivity index (χ4n) is 4.58. The Morgan fingerprint density at radius 3 is 2.32 bits per heavy atom. The van der Waals surface area contributed by atoms with E-state index in [-0.39, 0.29) is 6.61 Å². The molecule has 34 heavy (non-hydrogen) atoms. The Hall–Kier alpha value is -2.73. The predicted octanol–water partition coefficient (Wildman–Crippen LogP) is 5.66. The second-order valence-electron chi connectivity index (χ2n) is 9.17. The van der Waals surface area contributed by atoms with Crippen molar-refractivity contribution >= 4 is 0 Å². The third kappa shape index (κ3) is 5.33. The van der Waals surface area contributed by atoms with Crippen LogP contribution in [0.25, 0.3) is 0 Å². The van der Waals surface area contributed by atoms with Crippen LogP contribution in [0.15, 0.2) is 78.9 Å². The van der Waals surface area contributed by atoms with Gasteiger partial charge in [0.2, 0.25) is 0 Å². The van der Waals surface area contributed by atoms with Crippen LogP contribution in [-0.2, 0) is 28.3 Å². The van der Waals surface area contributed by atoms with Gasteiger partial charge in [0.05, 0.1) is 20.3 Å². The summed E-state index contributed by atoms with van der Waals surface area (Å²) in [5.41, 5.74) is 3.82. The first kappa shape index (κ1) is 24.4. The zero-order valence-corrected chi connectivity index (χ0v) is 20.0. The van der Waals surface area contributed by atoms with E-state index < -0.39 is 29.9 Å². The largest absolute Gasteiger partial charge is 0.497 e. The highest BCUT2D eigenvalue weighted by molar-refractivity contribution is 5.34. The van der Waals surface area contributed by atoms with Crippen LogP contribution in [0.5, 0.6) is 5.75 Å². The Kier molecular flexibility index (Phi) is 7.67. The highest BCUT2D eigenvalue weighted by atomic mass is 19.1. The molecule has 5 heteroatoms. The Labute approximate surface area is 201 Å². The highest BCUT2D eigenvalue weighted by Gasteiger charge is 2.51. The van der Waals surface area contributed by atoms with Gasteiger partial charge in [0.1, 0.15) is 18.0 Å². The quantitative estimate of drug-likeness (QED) is 0.468. The summed E-state index contributed by atoms with van der Waals surface area (Å²) < 4.78 is 32.3. The molecular weight excluding hydrogens is 431 g/mol. The highest BCUT2D eigenvalue weighted by Crippen LogP contribution is 2.44. The van der Waals surface area contributed by atoms with Crippen LogP contribution >= 0.6 is 0 Å². The Bertz CT molecular complexity index is 1060. The van der Waals surface area contributed by atoms with Gasteiger partial charge in [0, 0.05) is 11.5 Å². The predicted molar refractivity (Wildman–Crippen MR) is 130 cm³/mol. The Morgan fingerprint density at radius 2 is 1.62 bits per heavy atom. The molecule has 0 saturated carbocycles. The van der Waals surface area contributed by atoms with Crippen LogP contribution in [0, 0.1) is 11.8 Å². The lowest BCUT2D eigenvalue weighted by atomic mass is 9.77. The van der Waals surface area contributed by atoms with E-state index in [2.05, 4.69) is 0 Å². The molecule has 1 fully saturated rings. The monoisotopic (exact) mass is 464 g/mol. The van der Waals surface area contributed by atoms with Crippen molar-refractivity contribution < 1.29 is 23.7 Å². The molecule has 4 nitrogen and oxygen atoms in total. The van der Waals surface area contributed by atoms with Crippen molar-refractivity contribution in [2.45, 2.75) is 44.9 Å². The van der Waals surface area contributed by atoms with Crippen molar-refractivity contribution in [2.24, 2.45) is 11.8 Å². The molecule has 1 heterocycles. The third-order valence-corrected chi connectivity index (χ3v) is 6.90. The molecule has 5 atom stereocenters. The number of hydrogen-bond acceptors (Lipinski definition) is 4. The number of methoxy groups -OCH3 is 1. The number of ether oxygens (including phenoxy) is 3. The fraction of sp³-hybridized carbons (Fsp3) is 0.379. The smallest absolute Gasteiger partial charge is 0.195 e. The molecule has 0 aliphatic carbocycles. The number of alkyl halides is 1. The molecule has 1 saturated heterocycles. The molecule has 1 aliphatic heterocycles.